The maximum absolute atomic E-state index is 13.2. The molecule has 1 aliphatic rings. The number of nitrogens with zero attached hydrogens (tertiary/aromatic N) is 3. The van der Waals surface area contributed by atoms with E-state index in [0.717, 1.165) is 29.9 Å². The Balaban J connectivity index is 0.00000380. The van der Waals surface area contributed by atoms with Gasteiger partial charge in [0.2, 0.25) is 11.8 Å². The fourth-order valence-corrected chi connectivity index (χ4v) is 4.31. The van der Waals surface area contributed by atoms with E-state index in [1.165, 1.54) is 0 Å². The number of amides is 2. The number of imidazole rings is 1. The third-order valence-corrected chi connectivity index (χ3v) is 6.26. The smallest absolute Gasteiger partial charge is 0.312 e. The average Bonchev–Trinajstić information content (AvgIpc) is 3.49. The number of aliphatic carboxylic acids is 1. The molecule has 1 aromatic heterocycles. The van der Waals surface area contributed by atoms with E-state index in [0.29, 0.717) is 36.3 Å². The zero-order chi connectivity index (χ0) is 25.8. The van der Waals surface area contributed by atoms with E-state index < -0.39 is 24.3 Å². The normalized spacial score (nSPS) is 13.6. The first kappa shape index (κ1) is 27.5. The molecule has 1 fully saturated rings. The van der Waals surface area contributed by atoms with E-state index in [9.17, 15) is 14.4 Å². The van der Waals surface area contributed by atoms with Crippen LogP contribution in [0.5, 0.6) is 0 Å². The molecule has 12 heteroatoms. The van der Waals surface area contributed by atoms with Crippen LogP contribution in [0.3, 0.4) is 0 Å². The number of likely N-dealkylation sites (tertiary alicyclic amines) is 1. The van der Waals surface area contributed by atoms with Gasteiger partial charge in [-0.2, -0.15) is 0 Å². The third-order valence-electron chi connectivity index (χ3n) is 6.26. The number of hydrogen-bond donors (Lipinski definition) is 5. The summed E-state index contributed by atoms with van der Waals surface area (Å²) in [5.41, 5.74) is 9.06. The Hall–Kier alpha value is -4.12. The molecule has 0 saturated carbocycles. The number of nitrogens with one attached hydrogen (secondary N) is 3. The zero-order valence-corrected chi connectivity index (χ0v) is 21.2. The Bertz CT molecular complexity index is 1320. The molecular formula is C25H30ClN7O4. The van der Waals surface area contributed by atoms with E-state index in [1.807, 2.05) is 29.8 Å². The van der Waals surface area contributed by atoms with E-state index in [-0.39, 0.29) is 24.1 Å². The van der Waals surface area contributed by atoms with Crippen LogP contribution in [0.1, 0.15) is 42.3 Å². The van der Waals surface area contributed by atoms with Crippen LogP contribution >= 0.6 is 12.4 Å². The number of benzene rings is 2. The SMILES string of the molecule is Cl.Cn1c(CNc2ccc(C(=N)N)cc2)nc2cc(C(NC(=O)CC(=O)O)C(=O)N3CCCC3)ccc21. The molecular weight excluding hydrogens is 498 g/mol. The number of carbonyl (C=O) groups is 3. The van der Waals surface area contributed by atoms with Gasteiger partial charge in [0.25, 0.3) is 0 Å². The standard InChI is InChI=1S/C25H29N7O4.ClH/c1-31-19-9-6-16(23(30-21(33)13-22(34)35)25(36)32-10-2-3-11-32)12-18(19)29-20(31)14-28-17-7-4-15(5-8-17)24(26)27;/h4-9,12,23,28H,2-3,10-11,13-14H2,1H3,(H3,26,27)(H,30,33)(H,34,35);1H. The average molecular weight is 528 g/mol. The molecule has 2 aromatic carbocycles. The quantitative estimate of drug-likeness (QED) is 0.161. The first-order valence-corrected chi connectivity index (χ1v) is 11.7. The molecule has 2 heterocycles. The number of carboxylic acid groups (broad SMARTS) is 1. The van der Waals surface area contributed by atoms with Gasteiger partial charge in [-0.25, -0.2) is 4.98 Å². The van der Waals surface area contributed by atoms with E-state index in [1.54, 1.807) is 29.2 Å². The van der Waals surface area contributed by atoms with Gasteiger partial charge in [0.05, 0.1) is 17.6 Å². The molecule has 1 unspecified atom stereocenters. The number of rotatable bonds is 9. The number of carboxylic acids is 1. The third kappa shape index (κ3) is 6.36. The van der Waals surface area contributed by atoms with E-state index in [4.69, 9.17) is 21.2 Å². The number of aryl methyl sites for hydroxylation is 1. The highest BCUT2D eigenvalue weighted by atomic mass is 35.5. The minimum Gasteiger partial charge on any atom is -0.481 e. The zero-order valence-electron chi connectivity index (χ0n) is 20.4. The number of amidine groups is 1. The van der Waals surface area contributed by atoms with Crippen molar-refractivity contribution in [1.29, 1.82) is 5.41 Å². The molecule has 6 N–H and O–H groups in total. The van der Waals surface area contributed by atoms with Crippen molar-refractivity contribution in [2.24, 2.45) is 12.8 Å². The van der Waals surface area contributed by atoms with Gasteiger partial charge in [0.15, 0.2) is 0 Å². The van der Waals surface area contributed by atoms with Gasteiger partial charge in [0.1, 0.15) is 24.1 Å². The molecule has 2 amide bonds. The number of nitrogens with two attached hydrogens (primary N) is 1. The highest BCUT2D eigenvalue weighted by Gasteiger charge is 2.30. The number of carbonyl (C=O) groups excluding carboxylic acids is 2. The van der Waals surface area contributed by atoms with Crippen LogP contribution < -0.4 is 16.4 Å². The molecule has 1 atom stereocenters. The maximum Gasteiger partial charge on any atom is 0.312 e. The molecule has 0 bridgehead atoms. The second-order valence-corrected chi connectivity index (χ2v) is 8.78. The first-order chi connectivity index (χ1) is 17.2. The minimum absolute atomic E-state index is 0. The van der Waals surface area contributed by atoms with Crippen molar-refractivity contribution in [2.75, 3.05) is 18.4 Å². The Morgan fingerprint density at radius 3 is 2.43 bits per heavy atom. The van der Waals surface area contributed by atoms with Crippen molar-refractivity contribution in [1.82, 2.24) is 19.8 Å². The lowest BCUT2D eigenvalue weighted by atomic mass is 10.0. The molecule has 4 rings (SSSR count). The van der Waals surface area contributed by atoms with Crippen molar-refractivity contribution >= 4 is 52.7 Å². The summed E-state index contributed by atoms with van der Waals surface area (Å²) in [5.74, 6) is -1.46. The molecule has 0 aliphatic carbocycles. The molecule has 3 aromatic rings. The molecule has 0 radical (unpaired) electrons. The van der Waals surface area contributed by atoms with Crippen molar-refractivity contribution < 1.29 is 19.5 Å². The Morgan fingerprint density at radius 1 is 1.14 bits per heavy atom. The van der Waals surface area contributed by atoms with Crippen LogP contribution in [0.2, 0.25) is 0 Å². The first-order valence-electron chi connectivity index (χ1n) is 11.7. The summed E-state index contributed by atoms with van der Waals surface area (Å²) in [6, 6.07) is 11.6. The fourth-order valence-electron chi connectivity index (χ4n) is 4.31. The Morgan fingerprint density at radius 2 is 1.81 bits per heavy atom. The van der Waals surface area contributed by atoms with E-state index >= 15 is 0 Å². The van der Waals surface area contributed by atoms with Crippen LogP contribution in [0.4, 0.5) is 5.69 Å². The van der Waals surface area contributed by atoms with Gasteiger partial charge in [-0.1, -0.05) is 6.07 Å². The summed E-state index contributed by atoms with van der Waals surface area (Å²) in [6.07, 6.45) is 1.09. The second-order valence-electron chi connectivity index (χ2n) is 8.78. The summed E-state index contributed by atoms with van der Waals surface area (Å²) in [5, 5.41) is 22.4. The number of anilines is 1. The fraction of sp³-hybridized carbons (Fsp3) is 0.320. The number of hydrogen-bond acceptors (Lipinski definition) is 6. The molecule has 0 spiro atoms. The van der Waals surface area contributed by atoms with Crippen LogP contribution in [0.15, 0.2) is 42.5 Å². The van der Waals surface area contributed by atoms with Gasteiger partial charge >= 0.3 is 5.97 Å². The summed E-state index contributed by atoms with van der Waals surface area (Å²) < 4.78 is 1.94. The van der Waals surface area contributed by atoms with Gasteiger partial charge in [-0.05, 0) is 54.8 Å². The Kier molecular flexibility index (Phi) is 8.72. The molecule has 37 heavy (non-hydrogen) atoms. The van der Waals surface area contributed by atoms with Gasteiger partial charge in [0, 0.05) is 31.4 Å². The predicted molar refractivity (Wildman–Crippen MR) is 142 cm³/mol. The monoisotopic (exact) mass is 527 g/mol. The predicted octanol–water partition coefficient (Wildman–Crippen LogP) is 2.15. The Labute approximate surface area is 219 Å². The maximum atomic E-state index is 13.2. The highest BCUT2D eigenvalue weighted by Crippen LogP contribution is 2.24. The number of fused-ring (bicyclic) bond motifs is 1. The van der Waals surface area contributed by atoms with Crippen molar-refractivity contribution in [3.8, 4) is 0 Å². The van der Waals surface area contributed by atoms with Gasteiger partial charge < -0.3 is 30.9 Å². The summed E-state index contributed by atoms with van der Waals surface area (Å²) in [4.78, 5) is 42.9. The molecule has 1 aliphatic heterocycles. The summed E-state index contributed by atoms with van der Waals surface area (Å²) >= 11 is 0. The summed E-state index contributed by atoms with van der Waals surface area (Å²) in [6.45, 7) is 1.66. The minimum atomic E-state index is -1.26. The van der Waals surface area contributed by atoms with E-state index in [2.05, 4.69) is 10.6 Å². The van der Waals surface area contributed by atoms with Crippen molar-refractivity contribution in [2.45, 2.75) is 31.8 Å². The number of halogens is 1. The number of aromatic nitrogens is 2. The van der Waals surface area contributed by atoms with Crippen LogP contribution in [-0.4, -0.2) is 56.3 Å². The van der Waals surface area contributed by atoms with Crippen LogP contribution in [0, 0.1) is 5.41 Å². The topological polar surface area (TPSA) is 166 Å². The van der Waals surface area contributed by atoms with Gasteiger partial charge in [-0.15, -0.1) is 12.4 Å². The van der Waals surface area contributed by atoms with Crippen LogP contribution in [0.25, 0.3) is 11.0 Å². The second kappa shape index (κ2) is 11.7. The molecule has 1 saturated heterocycles. The van der Waals surface area contributed by atoms with Crippen LogP contribution in [-0.2, 0) is 28.0 Å². The van der Waals surface area contributed by atoms with Crippen molar-refractivity contribution in [3.05, 3.63) is 59.4 Å². The molecule has 11 nitrogen and oxygen atoms in total. The van der Waals surface area contributed by atoms with Gasteiger partial charge in [-0.3, -0.25) is 19.8 Å². The molecule has 196 valence electrons. The number of nitrogen functional groups attached to an aromatic ring is 1. The largest absolute Gasteiger partial charge is 0.481 e. The lowest BCUT2D eigenvalue weighted by molar-refractivity contribution is -0.143. The highest BCUT2D eigenvalue weighted by molar-refractivity contribution is 5.97. The lowest BCUT2D eigenvalue weighted by Crippen LogP contribution is -2.42. The summed E-state index contributed by atoms with van der Waals surface area (Å²) in [7, 11) is 1.90. The van der Waals surface area contributed by atoms with Crippen molar-refractivity contribution in [3.63, 3.8) is 0 Å². The lowest BCUT2D eigenvalue weighted by Gasteiger charge is -2.24.